The Morgan fingerprint density at radius 2 is 1.96 bits per heavy atom. The molecule has 2 aromatic rings. The van der Waals surface area contributed by atoms with Crippen LogP contribution in [0.15, 0.2) is 22.7 Å². The standard InChI is InChI=1S/C21H25N3O4/c1-11(2)24(3)21(25)18-13-5-4-12(8-13)17(18)20-22-19(23-28-20)14-6-7-15-16(9-14)27-10-26-15/h6-7,9,11-13,17-18H,4-5,8,10H2,1-3H3/t12-,13+,17+,18+/m1/s1. The van der Waals surface area contributed by atoms with E-state index in [4.69, 9.17) is 19.0 Å². The molecule has 148 valence electrons. The summed E-state index contributed by atoms with van der Waals surface area (Å²) in [6, 6.07) is 5.80. The zero-order chi connectivity index (χ0) is 19.4. The van der Waals surface area contributed by atoms with E-state index in [0.717, 1.165) is 30.6 Å². The first-order valence-corrected chi connectivity index (χ1v) is 10.0. The highest BCUT2D eigenvalue weighted by atomic mass is 16.7. The van der Waals surface area contributed by atoms with Gasteiger partial charge >= 0.3 is 0 Å². The minimum atomic E-state index is -0.0591. The molecule has 1 amide bonds. The molecule has 0 spiro atoms. The SMILES string of the molecule is CC(C)N(C)C(=O)[C@H]1[C@H]2CC[C@H](C2)[C@@H]1c1nc(-c2ccc3c(c2)OCO3)no1. The van der Waals surface area contributed by atoms with Crippen molar-refractivity contribution in [3.63, 3.8) is 0 Å². The number of fused-ring (bicyclic) bond motifs is 3. The highest BCUT2D eigenvalue weighted by molar-refractivity contribution is 5.81. The molecule has 0 unspecified atom stereocenters. The molecule has 1 aliphatic heterocycles. The number of rotatable bonds is 4. The molecule has 1 aromatic heterocycles. The summed E-state index contributed by atoms with van der Waals surface area (Å²) in [6.07, 6.45) is 3.33. The third-order valence-corrected chi connectivity index (χ3v) is 6.68. The van der Waals surface area contributed by atoms with Gasteiger partial charge in [-0.1, -0.05) is 5.16 Å². The van der Waals surface area contributed by atoms with E-state index in [1.54, 1.807) is 0 Å². The molecule has 5 rings (SSSR count). The van der Waals surface area contributed by atoms with E-state index in [-0.39, 0.29) is 30.6 Å². The Kier molecular flexibility index (Phi) is 4.07. The minimum absolute atomic E-state index is 0.0164. The van der Waals surface area contributed by atoms with Crippen LogP contribution in [0, 0.1) is 17.8 Å². The van der Waals surface area contributed by atoms with Crippen LogP contribution < -0.4 is 9.47 Å². The van der Waals surface area contributed by atoms with Crippen molar-refractivity contribution in [3.05, 3.63) is 24.1 Å². The van der Waals surface area contributed by atoms with Gasteiger partial charge in [0, 0.05) is 18.7 Å². The van der Waals surface area contributed by atoms with Crippen molar-refractivity contribution in [1.82, 2.24) is 15.0 Å². The number of benzene rings is 1. The fourth-order valence-electron chi connectivity index (χ4n) is 5.02. The van der Waals surface area contributed by atoms with Crippen molar-refractivity contribution >= 4 is 5.91 Å². The second-order valence-corrected chi connectivity index (χ2v) is 8.45. The van der Waals surface area contributed by atoms with E-state index in [9.17, 15) is 4.79 Å². The lowest BCUT2D eigenvalue weighted by atomic mass is 9.78. The number of hydrogen-bond donors (Lipinski definition) is 0. The summed E-state index contributed by atoms with van der Waals surface area (Å²) in [5.74, 6) is 3.57. The van der Waals surface area contributed by atoms with Gasteiger partial charge < -0.3 is 18.9 Å². The third-order valence-electron chi connectivity index (χ3n) is 6.68. The van der Waals surface area contributed by atoms with Crippen molar-refractivity contribution in [2.24, 2.45) is 17.8 Å². The molecule has 3 aliphatic rings. The van der Waals surface area contributed by atoms with Gasteiger partial charge in [0.1, 0.15) is 0 Å². The Hall–Kier alpha value is -2.57. The molecule has 4 atom stereocenters. The van der Waals surface area contributed by atoms with Crippen LogP contribution in [-0.4, -0.2) is 40.8 Å². The fraction of sp³-hybridized carbons (Fsp3) is 0.571. The van der Waals surface area contributed by atoms with Gasteiger partial charge in [0.25, 0.3) is 0 Å². The van der Waals surface area contributed by atoms with Crippen LogP contribution in [0.1, 0.15) is 44.9 Å². The summed E-state index contributed by atoms with van der Waals surface area (Å²) < 4.78 is 16.5. The average Bonchev–Trinajstić information content (AvgIpc) is 3.48. The van der Waals surface area contributed by atoms with Gasteiger partial charge in [0.2, 0.25) is 24.4 Å². The number of amides is 1. The van der Waals surface area contributed by atoms with E-state index >= 15 is 0 Å². The molecule has 0 saturated heterocycles. The Morgan fingerprint density at radius 1 is 1.18 bits per heavy atom. The third kappa shape index (κ3) is 2.67. The van der Waals surface area contributed by atoms with Crippen LogP contribution >= 0.6 is 0 Å². The van der Waals surface area contributed by atoms with Crippen LogP contribution in [0.25, 0.3) is 11.4 Å². The van der Waals surface area contributed by atoms with E-state index in [1.807, 2.05) is 44.0 Å². The van der Waals surface area contributed by atoms with Crippen molar-refractivity contribution in [1.29, 1.82) is 0 Å². The van der Waals surface area contributed by atoms with Gasteiger partial charge in [-0.3, -0.25) is 4.79 Å². The molecule has 2 heterocycles. The molecule has 2 bridgehead atoms. The highest BCUT2D eigenvalue weighted by Crippen LogP contribution is 2.57. The highest BCUT2D eigenvalue weighted by Gasteiger charge is 2.54. The Bertz CT molecular complexity index is 909. The Morgan fingerprint density at radius 3 is 2.79 bits per heavy atom. The predicted octanol–water partition coefficient (Wildman–Crippen LogP) is 3.46. The maximum atomic E-state index is 13.2. The van der Waals surface area contributed by atoms with E-state index in [1.165, 1.54) is 0 Å². The van der Waals surface area contributed by atoms with Gasteiger partial charge in [-0.05, 0) is 63.1 Å². The van der Waals surface area contributed by atoms with Gasteiger partial charge in [-0.2, -0.15) is 4.98 Å². The van der Waals surface area contributed by atoms with Crippen LogP contribution in [0.4, 0.5) is 0 Å². The summed E-state index contributed by atoms with van der Waals surface area (Å²) in [5, 5.41) is 4.21. The minimum Gasteiger partial charge on any atom is -0.454 e. The van der Waals surface area contributed by atoms with Gasteiger partial charge in [0.15, 0.2) is 11.5 Å². The maximum Gasteiger partial charge on any atom is 0.231 e. The van der Waals surface area contributed by atoms with Crippen molar-refractivity contribution in [2.75, 3.05) is 13.8 Å². The lowest BCUT2D eigenvalue weighted by Crippen LogP contribution is -2.42. The lowest BCUT2D eigenvalue weighted by molar-refractivity contribution is -0.138. The number of carbonyl (C=O) groups excluding carboxylic acids is 1. The largest absolute Gasteiger partial charge is 0.454 e. The number of hydrogen-bond acceptors (Lipinski definition) is 6. The molecule has 2 saturated carbocycles. The Labute approximate surface area is 164 Å². The molecule has 2 fully saturated rings. The summed E-state index contributed by atoms with van der Waals surface area (Å²) in [5.41, 5.74) is 0.824. The monoisotopic (exact) mass is 383 g/mol. The van der Waals surface area contributed by atoms with E-state index < -0.39 is 0 Å². The summed E-state index contributed by atoms with van der Waals surface area (Å²) in [4.78, 5) is 19.7. The van der Waals surface area contributed by atoms with Crippen LogP contribution in [0.2, 0.25) is 0 Å². The van der Waals surface area contributed by atoms with E-state index in [2.05, 4.69) is 5.16 Å². The second kappa shape index (κ2) is 6.50. The maximum absolute atomic E-state index is 13.2. The predicted molar refractivity (Wildman–Crippen MR) is 101 cm³/mol. The van der Waals surface area contributed by atoms with E-state index in [0.29, 0.717) is 29.3 Å². The van der Waals surface area contributed by atoms with Gasteiger partial charge in [0.05, 0.1) is 11.8 Å². The zero-order valence-corrected chi connectivity index (χ0v) is 16.4. The molecule has 0 radical (unpaired) electrons. The first-order chi connectivity index (χ1) is 13.5. The van der Waals surface area contributed by atoms with Crippen LogP contribution in [0.5, 0.6) is 11.5 Å². The van der Waals surface area contributed by atoms with Gasteiger partial charge in [-0.25, -0.2) is 0 Å². The first-order valence-electron chi connectivity index (χ1n) is 10.0. The molecular formula is C21H25N3O4. The van der Waals surface area contributed by atoms with Gasteiger partial charge in [-0.15, -0.1) is 0 Å². The number of carbonyl (C=O) groups is 1. The van der Waals surface area contributed by atoms with Crippen molar-refractivity contribution in [3.8, 4) is 22.9 Å². The second-order valence-electron chi connectivity index (χ2n) is 8.45. The molecule has 7 heteroatoms. The quantitative estimate of drug-likeness (QED) is 0.805. The molecule has 0 N–H and O–H groups in total. The summed E-state index contributed by atoms with van der Waals surface area (Å²) >= 11 is 0. The normalized spacial score (nSPS) is 27.6. The van der Waals surface area contributed by atoms with Crippen LogP contribution in [-0.2, 0) is 4.79 Å². The van der Waals surface area contributed by atoms with Crippen molar-refractivity contribution in [2.45, 2.75) is 45.1 Å². The summed E-state index contributed by atoms with van der Waals surface area (Å²) in [6.45, 7) is 4.32. The zero-order valence-electron chi connectivity index (χ0n) is 16.4. The number of ether oxygens (including phenoxy) is 2. The molecule has 28 heavy (non-hydrogen) atoms. The molecule has 1 aromatic carbocycles. The number of nitrogens with zero attached hydrogens (tertiary/aromatic N) is 3. The topological polar surface area (TPSA) is 77.7 Å². The first kappa shape index (κ1) is 17.5. The average molecular weight is 383 g/mol. The Balaban J connectivity index is 1.45. The molecule has 2 aliphatic carbocycles. The lowest BCUT2D eigenvalue weighted by Gasteiger charge is -2.32. The molecular weight excluding hydrogens is 358 g/mol. The van der Waals surface area contributed by atoms with Crippen LogP contribution in [0.3, 0.4) is 0 Å². The fourth-order valence-corrected chi connectivity index (χ4v) is 5.02. The molecule has 7 nitrogen and oxygen atoms in total. The number of aromatic nitrogens is 2. The van der Waals surface area contributed by atoms with Crippen molar-refractivity contribution < 1.29 is 18.8 Å². The summed E-state index contributed by atoms with van der Waals surface area (Å²) in [7, 11) is 1.89. The smallest absolute Gasteiger partial charge is 0.231 e.